The van der Waals surface area contributed by atoms with Crippen molar-refractivity contribution in [1.82, 2.24) is 5.32 Å². The topological polar surface area (TPSA) is 63.1 Å². The third-order valence-electron chi connectivity index (χ3n) is 4.25. The van der Waals surface area contributed by atoms with Crippen LogP contribution in [0.15, 0.2) is 52.7 Å². The van der Waals surface area contributed by atoms with E-state index in [1.807, 2.05) is 24.3 Å². The van der Waals surface area contributed by atoms with Crippen molar-refractivity contribution >= 4 is 29.1 Å². The molecule has 1 saturated heterocycles. The molecule has 1 N–H and O–H groups in total. The number of methoxy groups -OCH3 is 1. The van der Waals surface area contributed by atoms with Gasteiger partial charge in [-0.1, -0.05) is 42.1 Å². The molecule has 0 spiro atoms. The molecular weight excluding hydrogens is 346 g/mol. The fourth-order valence-corrected chi connectivity index (χ4v) is 3.61. The molecular formula is C20H21N3O2S. The van der Waals surface area contributed by atoms with Crippen molar-refractivity contribution < 1.29 is 9.53 Å². The van der Waals surface area contributed by atoms with Gasteiger partial charge < -0.3 is 10.1 Å². The van der Waals surface area contributed by atoms with Gasteiger partial charge >= 0.3 is 0 Å². The minimum absolute atomic E-state index is 0.0283. The predicted octanol–water partition coefficient (Wildman–Crippen LogP) is 3.48. The van der Waals surface area contributed by atoms with Crippen LogP contribution >= 0.6 is 11.8 Å². The lowest BCUT2D eigenvalue weighted by molar-refractivity contribution is -0.118. The third kappa shape index (κ3) is 4.32. The number of nitrogens with zero attached hydrogens (tertiary/aromatic N) is 2. The number of amidine groups is 1. The minimum Gasteiger partial charge on any atom is -0.496 e. The van der Waals surface area contributed by atoms with Crippen molar-refractivity contribution in [2.75, 3.05) is 7.11 Å². The summed E-state index contributed by atoms with van der Waals surface area (Å²) in [6, 6.07) is 13.9. The van der Waals surface area contributed by atoms with Gasteiger partial charge in [-0.15, -0.1) is 5.10 Å². The van der Waals surface area contributed by atoms with Crippen molar-refractivity contribution in [3.05, 3.63) is 64.7 Å². The number of hydrogen-bond donors (Lipinski definition) is 1. The van der Waals surface area contributed by atoms with E-state index in [1.54, 1.807) is 13.3 Å². The number of benzene rings is 2. The Morgan fingerprint density at radius 2 is 2.00 bits per heavy atom. The van der Waals surface area contributed by atoms with Crippen LogP contribution in [0.2, 0.25) is 0 Å². The first-order chi connectivity index (χ1) is 12.6. The molecule has 1 atom stereocenters. The van der Waals surface area contributed by atoms with Gasteiger partial charge in [-0.05, 0) is 49.1 Å². The number of nitrogens with one attached hydrogen (secondary N) is 1. The first-order valence-electron chi connectivity index (χ1n) is 8.34. The molecule has 0 radical (unpaired) electrons. The molecule has 2 aromatic rings. The number of para-hydroxylation sites is 1. The van der Waals surface area contributed by atoms with E-state index < -0.39 is 0 Å². The molecule has 1 fully saturated rings. The van der Waals surface area contributed by atoms with Crippen molar-refractivity contribution in [1.29, 1.82) is 0 Å². The number of thioether (sulfide) groups is 1. The fraction of sp³-hybridized carbons (Fsp3) is 0.250. The van der Waals surface area contributed by atoms with Gasteiger partial charge in [0.05, 0.1) is 18.6 Å². The number of rotatable bonds is 5. The van der Waals surface area contributed by atoms with Crippen LogP contribution in [0, 0.1) is 13.8 Å². The highest BCUT2D eigenvalue weighted by Gasteiger charge is 2.30. The van der Waals surface area contributed by atoms with Crippen LogP contribution in [0.25, 0.3) is 0 Å². The zero-order valence-corrected chi connectivity index (χ0v) is 15.8. The summed E-state index contributed by atoms with van der Waals surface area (Å²) in [5.74, 6) is 0.701. The summed E-state index contributed by atoms with van der Waals surface area (Å²) in [4.78, 5) is 12.2. The van der Waals surface area contributed by atoms with Gasteiger partial charge in [0.25, 0.3) is 0 Å². The zero-order chi connectivity index (χ0) is 18.5. The Labute approximate surface area is 157 Å². The average Bonchev–Trinajstić information content (AvgIpc) is 2.98. The van der Waals surface area contributed by atoms with Crippen LogP contribution in [-0.2, 0) is 11.2 Å². The van der Waals surface area contributed by atoms with Gasteiger partial charge in [-0.3, -0.25) is 4.79 Å². The second kappa shape index (κ2) is 8.19. The monoisotopic (exact) mass is 367 g/mol. The van der Waals surface area contributed by atoms with E-state index in [2.05, 4.69) is 47.6 Å². The molecule has 2 aromatic carbocycles. The van der Waals surface area contributed by atoms with E-state index in [0.717, 1.165) is 16.9 Å². The van der Waals surface area contributed by atoms with Crippen LogP contribution in [0.3, 0.4) is 0 Å². The molecule has 0 bridgehead atoms. The Morgan fingerprint density at radius 3 is 2.77 bits per heavy atom. The molecule has 1 aliphatic rings. The molecule has 1 heterocycles. The molecule has 0 aliphatic carbocycles. The lowest BCUT2D eigenvalue weighted by Crippen LogP contribution is -2.26. The number of amides is 1. The van der Waals surface area contributed by atoms with Crippen LogP contribution in [0.1, 0.15) is 22.3 Å². The normalized spacial score (nSPS) is 18.5. The highest BCUT2D eigenvalue weighted by Crippen LogP contribution is 2.24. The predicted molar refractivity (Wildman–Crippen MR) is 107 cm³/mol. The standard InChI is InChI=1S/C20H21N3O2S/c1-13-8-9-15(10-14(13)2)11-18-19(24)22-20(26-18)23-21-12-16-6-4-5-7-17(16)25-3/h4-10,12,18H,11H2,1-3H3,(H,22,23,24). The Morgan fingerprint density at radius 1 is 1.19 bits per heavy atom. The van der Waals surface area contributed by atoms with E-state index in [-0.39, 0.29) is 11.2 Å². The molecule has 26 heavy (non-hydrogen) atoms. The van der Waals surface area contributed by atoms with E-state index in [0.29, 0.717) is 11.6 Å². The molecule has 6 heteroatoms. The van der Waals surface area contributed by atoms with Gasteiger partial charge in [-0.25, -0.2) is 0 Å². The van der Waals surface area contributed by atoms with Crippen molar-refractivity contribution in [2.24, 2.45) is 10.2 Å². The Hall–Kier alpha value is -2.60. The van der Waals surface area contributed by atoms with Crippen LogP contribution in [0.4, 0.5) is 0 Å². The summed E-state index contributed by atoms with van der Waals surface area (Å²) in [7, 11) is 1.61. The van der Waals surface area contributed by atoms with Gasteiger partial charge in [0.2, 0.25) is 5.91 Å². The Balaban J connectivity index is 1.66. The zero-order valence-electron chi connectivity index (χ0n) is 15.0. The van der Waals surface area contributed by atoms with E-state index >= 15 is 0 Å². The van der Waals surface area contributed by atoms with Gasteiger partial charge in [0.15, 0.2) is 5.17 Å². The summed E-state index contributed by atoms with van der Waals surface area (Å²) in [6.45, 7) is 4.17. The summed E-state index contributed by atoms with van der Waals surface area (Å²) in [5, 5.41) is 11.3. The molecule has 1 unspecified atom stereocenters. The lowest BCUT2D eigenvalue weighted by Gasteiger charge is -2.07. The maximum Gasteiger partial charge on any atom is 0.239 e. The van der Waals surface area contributed by atoms with Crippen molar-refractivity contribution in [2.45, 2.75) is 25.5 Å². The van der Waals surface area contributed by atoms with Crippen molar-refractivity contribution in [3.8, 4) is 5.75 Å². The highest BCUT2D eigenvalue weighted by atomic mass is 32.2. The summed E-state index contributed by atoms with van der Waals surface area (Å²) < 4.78 is 5.27. The Kier molecular flexibility index (Phi) is 5.73. The third-order valence-corrected chi connectivity index (χ3v) is 5.33. The van der Waals surface area contributed by atoms with Crippen LogP contribution < -0.4 is 10.1 Å². The van der Waals surface area contributed by atoms with Gasteiger partial charge in [0, 0.05) is 5.56 Å². The summed E-state index contributed by atoms with van der Waals surface area (Å²) in [5.41, 5.74) is 4.48. The van der Waals surface area contributed by atoms with Gasteiger partial charge in [0.1, 0.15) is 5.75 Å². The first-order valence-corrected chi connectivity index (χ1v) is 9.22. The number of ether oxygens (including phenoxy) is 1. The number of carbonyl (C=O) groups excluding carboxylic acids is 1. The summed E-state index contributed by atoms with van der Waals surface area (Å²) >= 11 is 1.41. The second-order valence-electron chi connectivity index (χ2n) is 6.11. The second-order valence-corrected chi connectivity index (χ2v) is 7.30. The molecule has 1 amide bonds. The molecule has 0 saturated carbocycles. The quantitative estimate of drug-likeness (QED) is 0.650. The molecule has 5 nitrogen and oxygen atoms in total. The molecule has 3 rings (SSSR count). The smallest absolute Gasteiger partial charge is 0.239 e. The number of hydrogen-bond acceptors (Lipinski definition) is 5. The average molecular weight is 367 g/mol. The first kappa shape index (κ1) is 18.2. The SMILES string of the molecule is COc1ccccc1C=N/N=C1\NC(=O)C(Cc2ccc(C)c(C)c2)S1. The molecule has 134 valence electrons. The van der Waals surface area contributed by atoms with Crippen LogP contribution in [0.5, 0.6) is 5.75 Å². The van der Waals surface area contributed by atoms with Crippen molar-refractivity contribution in [3.63, 3.8) is 0 Å². The minimum atomic E-state index is -0.183. The fourth-order valence-electron chi connectivity index (χ4n) is 2.65. The van der Waals surface area contributed by atoms with E-state index in [4.69, 9.17) is 4.74 Å². The highest BCUT2D eigenvalue weighted by molar-refractivity contribution is 8.15. The lowest BCUT2D eigenvalue weighted by atomic mass is 10.0. The maximum atomic E-state index is 12.2. The van der Waals surface area contributed by atoms with E-state index in [9.17, 15) is 4.79 Å². The molecule has 1 aliphatic heterocycles. The number of carbonyl (C=O) groups is 1. The van der Waals surface area contributed by atoms with E-state index in [1.165, 1.54) is 22.9 Å². The Bertz CT molecular complexity index is 877. The van der Waals surface area contributed by atoms with Crippen LogP contribution in [-0.4, -0.2) is 29.6 Å². The largest absolute Gasteiger partial charge is 0.496 e. The molecule has 0 aromatic heterocycles. The maximum absolute atomic E-state index is 12.2. The number of aryl methyl sites for hydroxylation is 2. The van der Waals surface area contributed by atoms with Gasteiger partial charge in [-0.2, -0.15) is 5.10 Å². The summed E-state index contributed by atoms with van der Waals surface area (Å²) in [6.07, 6.45) is 2.29.